The number of rotatable bonds is 9. The Bertz CT molecular complexity index is 697. The monoisotopic (exact) mass is 438 g/mol. The largest absolute Gasteiger partial charge is 0.444 e. The maximum atomic E-state index is 13.0. The summed E-state index contributed by atoms with van der Waals surface area (Å²) in [5.41, 5.74) is -0.604. The Hall–Kier alpha value is -2.45. The summed E-state index contributed by atoms with van der Waals surface area (Å²) in [6, 6.07) is -0.200. The number of hydrogen-bond acceptors (Lipinski definition) is 7. The van der Waals surface area contributed by atoms with E-state index in [2.05, 4.69) is 0 Å². The fourth-order valence-corrected chi connectivity index (χ4v) is 4.03. The fraction of sp³-hybridized carbons (Fsp3) is 0.773. The molecule has 0 aromatic carbocycles. The molecule has 0 bridgehead atoms. The molecule has 0 N–H and O–H groups in total. The zero-order valence-electron chi connectivity index (χ0n) is 19.0. The summed E-state index contributed by atoms with van der Waals surface area (Å²) in [5, 5.41) is 0.515. The number of nitrogens with zero attached hydrogens (tertiary/aromatic N) is 2. The second-order valence-corrected chi connectivity index (χ2v) is 9.14. The van der Waals surface area contributed by atoms with Gasteiger partial charge in [-0.05, 0) is 46.5 Å². The first-order valence-electron chi connectivity index (χ1n) is 11.1. The van der Waals surface area contributed by atoms with Crippen molar-refractivity contribution in [1.82, 2.24) is 9.96 Å². The van der Waals surface area contributed by atoms with Crippen LogP contribution < -0.4 is 0 Å². The minimum atomic E-state index is -0.709. The number of carbonyl (C=O) groups is 5. The fourth-order valence-electron chi connectivity index (χ4n) is 4.03. The first kappa shape index (κ1) is 24.8. The molecule has 31 heavy (non-hydrogen) atoms. The third kappa shape index (κ3) is 7.04. The van der Waals surface area contributed by atoms with Gasteiger partial charge in [0.05, 0.1) is 0 Å². The summed E-state index contributed by atoms with van der Waals surface area (Å²) in [4.78, 5) is 67.0. The van der Waals surface area contributed by atoms with Crippen LogP contribution in [-0.2, 0) is 28.8 Å². The molecule has 3 amide bonds. The lowest BCUT2D eigenvalue weighted by atomic mass is 9.87. The second kappa shape index (κ2) is 10.7. The highest BCUT2D eigenvalue weighted by molar-refractivity contribution is 6.01. The number of ketones is 1. The Labute approximate surface area is 183 Å². The minimum Gasteiger partial charge on any atom is -0.444 e. The maximum absolute atomic E-state index is 13.0. The van der Waals surface area contributed by atoms with Crippen molar-refractivity contribution < 1.29 is 33.5 Å². The molecule has 0 radical (unpaired) electrons. The van der Waals surface area contributed by atoms with Crippen molar-refractivity contribution >= 4 is 29.7 Å². The van der Waals surface area contributed by atoms with Gasteiger partial charge in [0, 0.05) is 44.2 Å². The third-order valence-corrected chi connectivity index (χ3v) is 5.41. The number of carbonyl (C=O) groups excluding carboxylic acids is 5. The van der Waals surface area contributed by atoms with E-state index < -0.39 is 29.5 Å². The molecule has 2 saturated heterocycles. The van der Waals surface area contributed by atoms with Crippen molar-refractivity contribution in [2.45, 2.75) is 97.1 Å². The lowest BCUT2D eigenvalue weighted by Gasteiger charge is -2.32. The summed E-state index contributed by atoms with van der Waals surface area (Å²) >= 11 is 0. The molecule has 174 valence electrons. The van der Waals surface area contributed by atoms with Gasteiger partial charge in [0.2, 0.25) is 0 Å². The SMILES string of the molecule is CCC[C@H](C(=O)CCCC(=O)ON1C(=O)CCC1=O)C1CCCN1C(=O)OC(C)(C)C. The molecule has 2 fully saturated rings. The van der Waals surface area contributed by atoms with Crippen molar-refractivity contribution in [2.24, 2.45) is 5.92 Å². The van der Waals surface area contributed by atoms with Crippen LogP contribution >= 0.6 is 0 Å². The van der Waals surface area contributed by atoms with E-state index in [0.717, 1.165) is 19.3 Å². The summed E-state index contributed by atoms with van der Waals surface area (Å²) < 4.78 is 5.51. The van der Waals surface area contributed by atoms with Gasteiger partial charge in [0.15, 0.2) is 0 Å². The van der Waals surface area contributed by atoms with Crippen molar-refractivity contribution in [3.8, 4) is 0 Å². The van der Waals surface area contributed by atoms with E-state index in [4.69, 9.17) is 9.57 Å². The average Bonchev–Trinajstić information content (AvgIpc) is 3.27. The average molecular weight is 439 g/mol. The van der Waals surface area contributed by atoms with Gasteiger partial charge in [0.25, 0.3) is 11.8 Å². The molecule has 0 aliphatic carbocycles. The standard InChI is InChI=1S/C22H34N2O7/c1-5-8-15(16-9-7-14-23(16)21(29)30-22(2,3)4)17(25)10-6-11-20(28)31-24-18(26)12-13-19(24)27/h15-16H,5-14H2,1-4H3/t15-,16?/m0/s1. The van der Waals surface area contributed by atoms with E-state index in [1.807, 2.05) is 27.7 Å². The van der Waals surface area contributed by atoms with Gasteiger partial charge in [-0.15, -0.1) is 5.06 Å². The molecule has 2 rings (SSSR count). The van der Waals surface area contributed by atoms with Gasteiger partial charge in [-0.3, -0.25) is 14.4 Å². The van der Waals surface area contributed by atoms with Crippen LogP contribution in [0, 0.1) is 5.92 Å². The van der Waals surface area contributed by atoms with E-state index in [-0.39, 0.29) is 49.8 Å². The highest BCUT2D eigenvalue weighted by atomic mass is 16.7. The van der Waals surface area contributed by atoms with Crippen LogP contribution in [0.4, 0.5) is 4.79 Å². The Balaban J connectivity index is 1.89. The van der Waals surface area contributed by atoms with Gasteiger partial charge in [0.1, 0.15) is 11.4 Å². The van der Waals surface area contributed by atoms with Gasteiger partial charge in [-0.25, -0.2) is 9.59 Å². The molecule has 0 aromatic rings. The van der Waals surface area contributed by atoms with Crippen molar-refractivity contribution in [2.75, 3.05) is 6.54 Å². The van der Waals surface area contributed by atoms with Crippen molar-refractivity contribution in [1.29, 1.82) is 0 Å². The van der Waals surface area contributed by atoms with Gasteiger partial charge >= 0.3 is 12.1 Å². The quantitative estimate of drug-likeness (QED) is 0.509. The normalized spacial score (nSPS) is 20.2. The summed E-state index contributed by atoms with van der Waals surface area (Å²) in [5.74, 6) is -2.07. The molecule has 2 heterocycles. The van der Waals surface area contributed by atoms with E-state index in [1.165, 1.54) is 0 Å². The van der Waals surface area contributed by atoms with E-state index in [1.54, 1.807) is 4.90 Å². The number of Topliss-reactive ketones (excluding diaryl/α,β-unsaturated/α-hetero) is 1. The van der Waals surface area contributed by atoms with Crippen LogP contribution in [0.5, 0.6) is 0 Å². The molecular weight excluding hydrogens is 404 g/mol. The zero-order chi connectivity index (χ0) is 23.2. The molecule has 2 aliphatic rings. The molecule has 0 saturated carbocycles. The molecule has 0 spiro atoms. The Morgan fingerprint density at radius 3 is 2.32 bits per heavy atom. The van der Waals surface area contributed by atoms with Crippen LogP contribution in [-0.4, -0.2) is 57.8 Å². The van der Waals surface area contributed by atoms with Crippen molar-refractivity contribution in [3.63, 3.8) is 0 Å². The molecule has 0 aromatic heterocycles. The summed E-state index contributed by atoms with van der Waals surface area (Å²) in [7, 11) is 0. The van der Waals surface area contributed by atoms with Crippen LogP contribution in [0.25, 0.3) is 0 Å². The van der Waals surface area contributed by atoms with Gasteiger partial charge < -0.3 is 14.5 Å². The third-order valence-electron chi connectivity index (χ3n) is 5.41. The van der Waals surface area contributed by atoms with Crippen LogP contribution in [0.2, 0.25) is 0 Å². The first-order valence-corrected chi connectivity index (χ1v) is 11.1. The maximum Gasteiger partial charge on any atom is 0.410 e. The highest BCUT2D eigenvalue weighted by Crippen LogP contribution is 2.30. The van der Waals surface area contributed by atoms with Gasteiger partial charge in [-0.2, -0.15) is 0 Å². The smallest absolute Gasteiger partial charge is 0.410 e. The summed E-state index contributed by atoms with van der Waals surface area (Å²) in [6.45, 7) is 8.00. The minimum absolute atomic E-state index is 0.00318. The highest BCUT2D eigenvalue weighted by Gasteiger charge is 2.39. The molecule has 9 heteroatoms. The Morgan fingerprint density at radius 2 is 1.74 bits per heavy atom. The molecule has 2 atom stereocenters. The number of amides is 3. The number of hydroxylamine groups is 2. The first-order chi connectivity index (χ1) is 14.5. The Morgan fingerprint density at radius 1 is 1.10 bits per heavy atom. The van der Waals surface area contributed by atoms with Crippen LogP contribution in [0.15, 0.2) is 0 Å². The summed E-state index contributed by atoms with van der Waals surface area (Å²) in [6.07, 6.45) is 3.07. The predicted octanol–water partition coefficient (Wildman–Crippen LogP) is 3.15. The molecule has 1 unspecified atom stereocenters. The topological polar surface area (TPSA) is 110 Å². The lowest BCUT2D eigenvalue weighted by Crippen LogP contribution is -2.45. The Kier molecular flexibility index (Phi) is 8.59. The molecule has 9 nitrogen and oxygen atoms in total. The lowest BCUT2D eigenvalue weighted by molar-refractivity contribution is -0.197. The molecular formula is C22H34N2O7. The second-order valence-electron chi connectivity index (χ2n) is 9.14. The van der Waals surface area contributed by atoms with E-state index in [0.29, 0.717) is 18.0 Å². The number of likely N-dealkylation sites (tertiary alicyclic amines) is 1. The van der Waals surface area contributed by atoms with Crippen LogP contribution in [0.1, 0.15) is 85.5 Å². The zero-order valence-corrected chi connectivity index (χ0v) is 19.0. The van der Waals surface area contributed by atoms with Crippen molar-refractivity contribution in [3.05, 3.63) is 0 Å². The van der Waals surface area contributed by atoms with Gasteiger partial charge in [-0.1, -0.05) is 13.3 Å². The number of imide groups is 1. The van der Waals surface area contributed by atoms with Crippen LogP contribution in [0.3, 0.4) is 0 Å². The number of hydrogen-bond donors (Lipinski definition) is 0. The predicted molar refractivity (Wildman–Crippen MR) is 110 cm³/mol. The molecule has 2 aliphatic heterocycles. The number of ether oxygens (including phenoxy) is 1. The van der Waals surface area contributed by atoms with E-state index in [9.17, 15) is 24.0 Å². The van der Waals surface area contributed by atoms with E-state index >= 15 is 0 Å².